The topological polar surface area (TPSA) is 49.8 Å². The maximum Gasteiger partial charge on any atom is 0.335 e. The molecule has 0 radical (unpaired) electrons. The number of nitrogens with zero attached hydrogens (tertiary/aromatic N) is 1. The number of carboxylic acids is 1. The van der Waals surface area contributed by atoms with Gasteiger partial charge in [-0.15, -0.1) is 0 Å². The van der Waals surface area contributed by atoms with Gasteiger partial charge in [-0.25, -0.2) is 4.79 Å². The van der Waals surface area contributed by atoms with E-state index in [1.54, 1.807) is 12.1 Å². The van der Waals surface area contributed by atoms with Crippen molar-refractivity contribution in [2.75, 3.05) is 18.0 Å². The number of ether oxygens (including phenoxy) is 1. The zero-order chi connectivity index (χ0) is 13.2. The highest BCUT2D eigenvalue weighted by atomic mass is 16.5. The fourth-order valence-corrected chi connectivity index (χ4v) is 2.50. The molecule has 102 valence electrons. The van der Waals surface area contributed by atoms with Crippen molar-refractivity contribution < 1.29 is 14.6 Å². The second-order valence-corrected chi connectivity index (χ2v) is 5.35. The van der Waals surface area contributed by atoms with Gasteiger partial charge in [0.1, 0.15) is 5.75 Å². The summed E-state index contributed by atoms with van der Waals surface area (Å²) >= 11 is 0. The van der Waals surface area contributed by atoms with Gasteiger partial charge in [0, 0.05) is 13.1 Å². The fourth-order valence-electron chi connectivity index (χ4n) is 2.50. The lowest BCUT2D eigenvalue weighted by Gasteiger charge is -2.30. The highest BCUT2D eigenvalue weighted by Gasteiger charge is 2.26. The Bertz CT molecular complexity index is 476. The molecule has 1 aliphatic carbocycles. The molecule has 3 rings (SSSR count). The predicted molar refractivity (Wildman–Crippen MR) is 73.1 cm³/mol. The lowest BCUT2D eigenvalue weighted by atomic mass is 10.1. The van der Waals surface area contributed by atoms with E-state index in [0.717, 1.165) is 37.4 Å². The first-order valence-corrected chi connectivity index (χ1v) is 7.03. The van der Waals surface area contributed by atoms with Crippen LogP contribution in [0.25, 0.3) is 0 Å². The maximum absolute atomic E-state index is 11.1. The molecule has 1 saturated carbocycles. The second kappa shape index (κ2) is 5.11. The molecule has 4 nitrogen and oxygen atoms in total. The molecule has 1 saturated heterocycles. The quantitative estimate of drug-likeness (QED) is 0.905. The molecule has 1 aliphatic heterocycles. The average molecular weight is 261 g/mol. The van der Waals surface area contributed by atoms with Crippen LogP contribution in [-0.4, -0.2) is 30.3 Å². The monoisotopic (exact) mass is 261 g/mol. The molecule has 1 N–H and O–H groups in total. The molecule has 1 heterocycles. The summed E-state index contributed by atoms with van der Waals surface area (Å²) in [5.74, 6) is -0.157. The van der Waals surface area contributed by atoms with E-state index in [4.69, 9.17) is 9.84 Å². The first kappa shape index (κ1) is 12.3. The molecule has 2 fully saturated rings. The lowest BCUT2D eigenvalue weighted by Crippen LogP contribution is -2.29. The Morgan fingerprint density at radius 1 is 1.21 bits per heavy atom. The summed E-state index contributed by atoms with van der Waals surface area (Å²) in [6, 6.07) is 5.24. The van der Waals surface area contributed by atoms with Gasteiger partial charge in [0.2, 0.25) is 0 Å². The van der Waals surface area contributed by atoms with E-state index >= 15 is 0 Å². The van der Waals surface area contributed by atoms with E-state index < -0.39 is 5.97 Å². The summed E-state index contributed by atoms with van der Waals surface area (Å²) < 4.78 is 5.90. The number of hydrogen-bond donors (Lipinski definition) is 1. The molecule has 0 spiro atoms. The summed E-state index contributed by atoms with van der Waals surface area (Å²) in [6.45, 7) is 2.07. The van der Waals surface area contributed by atoms with Crippen molar-refractivity contribution in [3.63, 3.8) is 0 Å². The van der Waals surface area contributed by atoms with Crippen molar-refractivity contribution in [1.82, 2.24) is 0 Å². The Labute approximate surface area is 113 Å². The second-order valence-electron chi connectivity index (χ2n) is 5.35. The van der Waals surface area contributed by atoms with E-state index in [9.17, 15) is 4.79 Å². The van der Waals surface area contributed by atoms with E-state index in [1.807, 2.05) is 6.07 Å². The molecular weight excluding hydrogens is 242 g/mol. The van der Waals surface area contributed by atoms with E-state index in [0.29, 0.717) is 5.56 Å². The lowest BCUT2D eigenvalue weighted by molar-refractivity contribution is 0.0696. The fraction of sp³-hybridized carbons (Fsp3) is 0.533. The van der Waals surface area contributed by atoms with Crippen LogP contribution in [0, 0.1) is 0 Å². The van der Waals surface area contributed by atoms with Crippen LogP contribution in [0.2, 0.25) is 0 Å². The molecule has 0 unspecified atom stereocenters. The van der Waals surface area contributed by atoms with Gasteiger partial charge >= 0.3 is 5.97 Å². The summed E-state index contributed by atoms with van der Waals surface area (Å²) in [5, 5.41) is 9.09. The minimum atomic E-state index is -0.897. The van der Waals surface area contributed by atoms with Crippen LogP contribution < -0.4 is 9.64 Å². The van der Waals surface area contributed by atoms with Gasteiger partial charge in [0.25, 0.3) is 0 Å². The Morgan fingerprint density at radius 3 is 2.58 bits per heavy atom. The number of hydrogen-bond acceptors (Lipinski definition) is 3. The molecule has 0 atom stereocenters. The van der Waals surface area contributed by atoms with Crippen molar-refractivity contribution in [3.05, 3.63) is 23.8 Å². The van der Waals surface area contributed by atoms with Gasteiger partial charge in [-0.05, 0) is 50.3 Å². The highest BCUT2D eigenvalue weighted by Crippen LogP contribution is 2.36. The van der Waals surface area contributed by atoms with Gasteiger partial charge in [-0.2, -0.15) is 0 Å². The zero-order valence-electron chi connectivity index (χ0n) is 11.0. The molecule has 19 heavy (non-hydrogen) atoms. The van der Waals surface area contributed by atoms with Crippen molar-refractivity contribution in [2.45, 2.75) is 38.2 Å². The molecule has 1 aromatic carbocycles. The van der Waals surface area contributed by atoms with Crippen molar-refractivity contribution in [1.29, 1.82) is 0 Å². The molecule has 4 heteroatoms. The van der Waals surface area contributed by atoms with Gasteiger partial charge in [-0.3, -0.25) is 0 Å². The minimum Gasteiger partial charge on any atom is -0.488 e. The number of carbonyl (C=O) groups is 1. The smallest absolute Gasteiger partial charge is 0.335 e. The Balaban J connectivity index is 1.89. The largest absolute Gasteiger partial charge is 0.488 e. The van der Waals surface area contributed by atoms with Crippen LogP contribution in [0.5, 0.6) is 5.75 Å². The average Bonchev–Trinajstić information content (AvgIpc) is 3.23. The molecule has 0 bridgehead atoms. The molecule has 2 aliphatic rings. The molecule has 0 amide bonds. The normalized spacial score (nSPS) is 19.3. The number of benzene rings is 1. The standard InChI is InChI=1S/C15H19NO3/c17-15(18)11-4-7-13(16-8-2-1-3-9-16)14(10-11)19-12-5-6-12/h4,7,10,12H,1-3,5-6,8-9H2,(H,17,18). The van der Waals surface area contributed by atoms with E-state index in [1.165, 1.54) is 19.3 Å². The van der Waals surface area contributed by atoms with Crippen LogP contribution in [0.4, 0.5) is 5.69 Å². The summed E-state index contributed by atoms with van der Waals surface area (Å²) in [5.41, 5.74) is 1.35. The molecule has 1 aromatic rings. The number of piperidine rings is 1. The van der Waals surface area contributed by atoms with Crippen molar-refractivity contribution >= 4 is 11.7 Å². The Hall–Kier alpha value is -1.71. The van der Waals surface area contributed by atoms with E-state index in [2.05, 4.69) is 4.90 Å². The summed E-state index contributed by atoms with van der Waals surface area (Å²) in [6.07, 6.45) is 6.12. The van der Waals surface area contributed by atoms with Crippen molar-refractivity contribution in [3.8, 4) is 5.75 Å². The summed E-state index contributed by atoms with van der Waals surface area (Å²) in [7, 11) is 0. The van der Waals surface area contributed by atoms with Crippen LogP contribution in [0.15, 0.2) is 18.2 Å². The van der Waals surface area contributed by atoms with Gasteiger partial charge in [0.15, 0.2) is 0 Å². The SMILES string of the molecule is O=C(O)c1ccc(N2CCCCC2)c(OC2CC2)c1. The third kappa shape index (κ3) is 2.83. The Kier molecular flexibility index (Phi) is 3.32. The Morgan fingerprint density at radius 2 is 1.95 bits per heavy atom. The first-order chi connectivity index (χ1) is 9.24. The summed E-state index contributed by atoms with van der Waals surface area (Å²) in [4.78, 5) is 13.4. The van der Waals surface area contributed by atoms with Crippen LogP contribution >= 0.6 is 0 Å². The van der Waals surface area contributed by atoms with Crippen LogP contribution in [0.3, 0.4) is 0 Å². The number of carboxylic acid groups (broad SMARTS) is 1. The first-order valence-electron chi connectivity index (χ1n) is 7.03. The van der Waals surface area contributed by atoms with Crippen LogP contribution in [-0.2, 0) is 0 Å². The third-order valence-corrected chi connectivity index (χ3v) is 3.72. The minimum absolute atomic E-state index is 0.285. The molecular formula is C15H19NO3. The van der Waals surface area contributed by atoms with Gasteiger partial charge < -0.3 is 14.7 Å². The number of aromatic carboxylic acids is 1. The third-order valence-electron chi connectivity index (χ3n) is 3.72. The molecule has 0 aromatic heterocycles. The highest BCUT2D eigenvalue weighted by molar-refractivity contribution is 5.89. The number of rotatable bonds is 4. The maximum atomic E-state index is 11.1. The van der Waals surface area contributed by atoms with Crippen molar-refractivity contribution in [2.24, 2.45) is 0 Å². The zero-order valence-corrected chi connectivity index (χ0v) is 11.0. The van der Waals surface area contributed by atoms with E-state index in [-0.39, 0.29) is 6.10 Å². The van der Waals surface area contributed by atoms with Gasteiger partial charge in [-0.1, -0.05) is 0 Å². The van der Waals surface area contributed by atoms with Crippen LogP contribution in [0.1, 0.15) is 42.5 Å². The predicted octanol–water partition coefficient (Wildman–Crippen LogP) is 2.92. The van der Waals surface area contributed by atoms with Gasteiger partial charge in [0.05, 0.1) is 17.4 Å². The number of anilines is 1.